The second-order valence-corrected chi connectivity index (χ2v) is 7.90. The highest BCUT2D eigenvalue weighted by Gasteiger charge is 2.50. The lowest BCUT2D eigenvalue weighted by atomic mass is 9.98. The number of thioether (sulfide) groups is 1. The number of rotatable bonds is 6. The maximum Gasteiger partial charge on any atom is 0.184 e. The highest BCUT2D eigenvalue weighted by Crippen LogP contribution is 2.39. The second-order valence-electron chi connectivity index (χ2n) is 6.73. The third-order valence-electron chi connectivity index (χ3n) is 4.78. The third kappa shape index (κ3) is 4.33. The monoisotopic (exact) mass is 400 g/mol. The van der Waals surface area contributed by atoms with Crippen molar-refractivity contribution < 1.29 is 24.1 Å². The van der Waals surface area contributed by atoms with Gasteiger partial charge in [-0.3, -0.25) is 0 Å². The highest BCUT2D eigenvalue weighted by molar-refractivity contribution is 7.99. The fraction of sp³-hybridized carbons (Fsp3) is 0.364. The largest absolute Gasteiger partial charge is 0.387 e. The molecule has 0 amide bonds. The van der Waals surface area contributed by atoms with Gasteiger partial charge < -0.3 is 24.1 Å². The van der Waals surface area contributed by atoms with Crippen LogP contribution >= 0.6 is 11.8 Å². The van der Waals surface area contributed by atoms with Gasteiger partial charge in [0.25, 0.3) is 0 Å². The number of aliphatic hydroxyl groups excluding tert-OH is 1. The molecule has 6 heteroatoms. The van der Waals surface area contributed by atoms with Crippen molar-refractivity contribution in [3.8, 4) is 0 Å². The Morgan fingerprint density at radius 3 is 2.50 bits per heavy atom. The number of hydrogen-bond acceptors (Lipinski definition) is 6. The summed E-state index contributed by atoms with van der Waals surface area (Å²) in [4.78, 5) is 1.02. The van der Waals surface area contributed by atoms with Gasteiger partial charge in [0.15, 0.2) is 6.29 Å². The van der Waals surface area contributed by atoms with E-state index in [-0.39, 0.29) is 6.10 Å². The Morgan fingerprint density at radius 1 is 1.07 bits per heavy atom. The number of benzene rings is 2. The van der Waals surface area contributed by atoms with Gasteiger partial charge in [0.1, 0.15) is 29.9 Å². The molecule has 2 fully saturated rings. The van der Waals surface area contributed by atoms with Crippen molar-refractivity contribution in [3.05, 3.63) is 78.9 Å². The van der Waals surface area contributed by atoms with Gasteiger partial charge in [-0.25, -0.2) is 0 Å². The van der Waals surface area contributed by atoms with E-state index in [1.807, 2.05) is 60.7 Å². The summed E-state index contributed by atoms with van der Waals surface area (Å²) in [6.45, 7) is 4.41. The van der Waals surface area contributed by atoms with E-state index >= 15 is 0 Å². The molecule has 2 aliphatic heterocycles. The number of hydrogen-bond donors (Lipinski definition) is 1. The van der Waals surface area contributed by atoms with Gasteiger partial charge in [-0.05, 0) is 12.1 Å². The van der Waals surface area contributed by atoms with E-state index in [0.29, 0.717) is 13.2 Å². The zero-order valence-corrected chi connectivity index (χ0v) is 16.2. The van der Waals surface area contributed by atoms with Crippen molar-refractivity contribution in [2.75, 3.05) is 13.2 Å². The van der Waals surface area contributed by atoms with Crippen LogP contribution in [0.4, 0.5) is 0 Å². The Balaban J connectivity index is 1.52. The second kappa shape index (κ2) is 9.22. The van der Waals surface area contributed by atoms with E-state index in [9.17, 15) is 5.11 Å². The zero-order valence-electron chi connectivity index (χ0n) is 15.4. The summed E-state index contributed by atoms with van der Waals surface area (Å²) in [6, 6.07) is 19.6. The minimum absolute atomic E-state index is 0.320. The Labute approximate surface area is 169 Å². The third-order valence-corrected chi connectivity index (χ3v) is 5.95. The van der Waals surface area contributed by atoms with Crippen LogP contribution in [0, 0.1) is 0 Å². The first-order chi connectivity index (χ1) is 13.8. The standard InChI is InChI=1S/C22H24O5S/c1-2-13-24-20-18(23)22(28-16-11-7-4-8-12-16)26-17-14-25-21(27-19(17)20)15-9-5-3-6-10-15/h2-12,17-23H,1,13-14H2/t17-,18-,19+,20-,21+,22+/m1/s1. The Hall–Kier alpha value is -1.67. The van der Waals surface area contributed by atoms with Gasteiger partial charge in [-0.1, -0.05) is 66.4 Å². The molecule has 0 bridgehead atoms. The molecule has 6 atom stereocenters. The lowest BCUT2D eigenvalue weighted by Gasteiger charge is -2.47. The van der Waals surface area contributed by atoms with Crippen molar-refractivity contribution in [2.45, 2.75) is 41.0 Å². The first-order valence-corrected chi connectivity index (χ1v) is 10.2. The quantitative estimate of drug-likeness (QED) is 0.749. The van der Waals surface area contributed by atoms with Crippen molar-refractivity contribution in [2.24, 2.45) is 0 Å². The molecular formula is C22H24O5S. The molecule has 0 unspecified atom stereocenters. The predicted octanol–water partition coefficient (Wildman–Crippen LogP) is 3.55. The van der Waals surface area contributed by atoms with Crippen LogP contribution in [-0.2, 0) is 18.9 Å². The Kier molecular flexibility index (Phi) is 6.47. The summed E-state index contributed by atoms with van der Waals surface area (Å²) in [5, 5.41) is 11.0. The summed E-state index contributed by atoms with van der Waals surface area (Å²) < 4.78 is 24.2. The number of aliphatic hydroxyl groups is 1. The summed E-state index contributed by atoms with van der Waals surface area (Å²) in [6.07, 6.45) is -0.966. The Morgan fingerprint density at radius 2 is 1.79 bits per heavy atom. The molecule has 28 heavy (non-hydrogen) atoms. The zero-order chi connectivity index (χ0) is 19.3. The molecular weight excluding hydrogens is 376 g/mol. The molecule has 2 aliphatic rings. The smallest absolute Gasteiger partial charge is 0.184 e. The molecule has 2 aromatic carbocycles. The fourth-order valence-corrected chi connectivity index (χ4v) is 4.52. The van der Waals surface area contributed by atoms with Gasteiger partial charge in [0, 0.05) is 10.5 Å². The predicted molar refractivity (Wildman–Crippen MR) is 107 cm³/mol. The molecule has 0 aromatic heterocycles. The van der Waals surface area contributed by atoms with Crippen LogP contribution in [0.5, 0.6) is 0 Å². The van der Waals surface area contributed by atoms with Crippen molar-refractivity contribution in [1.82, 2.24) is 0 Å². The summed E-state index contributed by atoms with van der Waals surface area (Å²) in [5.41, 5.74) is 0.456. The highest BCUT2D eigenvalue weighted by atomic mass is 32.2. The molecule has 4 rings (SSSR count). The van der Waals surface area contributed by atoms with Crippen molar-refractivity contribution in [3.63, 3.8) is 0 Å². The molecule has 2 saturated heterocycles. The first-order valence-electron chi connectivity index (χ1n) is 9.36. The molecule has 148 valence electrons. The van der Waals surface area contributed by atoms with Crippen LogP contribution < -0.4 is 0 Å². The average Bonchev–Trinajstić information content (AvgIpc) is 2.75. The van der Waals surface area contributed by atoms with E-state index in [0.717, 1.165) is 10.5 Å². The minimum Gasteiger partial charge on any atom is -0.387 e. The normalized spacial score (nSPS) is 32.5. The lowest BCUT2D eigenvalue weighted by molar-refractivity contribution is -0.322. The van der Waals surface area contributed by atoms with Gasteiger partial charge in [-0.15, -0.1) is 6.58 Å². The van der Waals surface area contributed by atoms with Gasteiger partial charge >= 0.3 is 0 Å². The van der Waals surface area contributed by atoms with Crippen molar-refractivity contribution in [1.29, 1.82) is 0 Å². The van der Waals surface area contributed by atoms with Gasteiger partial charge in [0.2, 0.25) is 0 Å². The molecule has 0 radical (unpaired) electrons. The van der Waals surface area contributed by atoms with Crippen molar-refractivity contribution >= 4 is 11.8 Å². The van der Waals surface area contributed by atoms with Crippen LogP contribution in [0.2, 0.25) is 0 Å². The van der Waals surface area contributed by atoms with Crippen LogP contribution in [0.15, 0.2) is 78.2 Å². The minimum atomic E-state index is -0.846. The Bertz CT molecular complexity index is 756. The van der Waals surface area contributed by atoms with E-state index in [1.165, 1.54) is 11.8 Å². The topological polar surface area (TPSA) is 57.2 Å². The molecule has 2 aromatic rings. The SMILES string of the molecule is C=CCO[C@@H]1[C@@H](O)[C@H](Sc2ccccc2)O[C@@H]2CO[C@H](c3ccccc3)O[C@H]12. The maximum absolute atomic E-state index is 11.0. The molecule has 2 heterocycles. The number of ether oxygens (including phenoxy) is 4. The van der Waals surface area contributed by atoms with Crippen LogP contribution in [0.3, 0.4) is 0 Å². The van der Waals surface area contributed by atoms with E-state index in [2.05, 4.69) is 6.58 Å². The van der Waals surface area contributed by atoms with E-state index in [4.69, 9.17) is 18.9 Å². The lowest BCUT2D eigenvalue weighted by Crippen LogP contribution is -2.61. The first kappa shape index (κ1) is 19.6. The van der Waals surface area contributed by atoms with Crippen LogP contribution in [0.25, 0.3) is 0 Å². The van der Waals surface area contributed by atoms with E-state index in [1.54, 1.807) is 6.08 Å². The number of fused-ring (bicyclic) bond motifs is 1. The van der Waals surface area contributed by atoms with Gasteiger partial charge in [-0.2, -0.15) is 0 Å². The average molecular weight is 400 g/mol. The summed E-state index contributed by atoms with van der Waals surface area (Å²) in [5.74, 6) is 0. The van der Waals surface area contributed by atoms with E-state index < -0.39 is 30.0 Å². The molecule has 0 spiro atoms. The maximum atomic E-state index is 11.0. The molecule has 1 N–H and O–H groups in total. The molecule has 0 saturated carbocycles. The van der Waals surface area contributed by atoms with Crippen LogP contribution in [-0.4, -0.2) is 48.2 Å². The molecule has 5 nitrogen and oxygen atoms in total. The molecule has 0 aliphatic carbocycles. The van der Waals surface area contributed by atoms with Gasteiger partial charge in [0.05, 0.1) is 13.2 Å². The summed E-state index contributed by atoms with van der Waals surface area (Å²) >= 11 is 1.47. The fourth-order valence-electron chi connectivity index (χ4n) is 3.44. The summed E-state index contributed by atoms with van der Waals surface area (Å²) in [7, 11) is 0. The van der Waals surface area contributed by atoms with Crippen LogP contribution in [0.1, 0.15) is 11.9 Å².